The maximum absolute atomic E-state index is 11.9. The van der Waals surface area contributed by atoms with Gasteiger partial charge in [-0.3, -0.25) is 9.59 Å². The van der Waals surface area contributed by atoms with E-state index >= 15 is 0 Å². The molecule has 0 aliphatic heterocycles. The predicted molar refractivity (Wildman–Crippen MR) is 111 cm³/mol. The van der Waals surface area contributed by atoms with Crippen LogP contribution in [-0.2, 0) is 16.1 Å². The molecule has 0 unspecified atom stereocenters. The second-order valence-corrected chi connectivity index (χ2v) is 7.37. The van der Waals surface area contributed by atoms with Gasteiger partial charge in [0.2, 0.25) is 6.29 Å². The Morgan fingerprint density at radius 2 is 1.93 bits per heavy atom. The number of anilines is 1. The summed E-state index contributed by atoms with van der Waals surface area (Å²) in [6.07, 6.45) is 1.12. The normalized spacial score (nSPS) is 11.1. The Labute approximate surface area is 160 Å². The van der Waals surface area contributed by atoms with Crippen LogP contribution in [0.1, 0.15) is 6.42 Å². The zero-order valence-electron chi connectivity index (χ0n) is 14.6. The molecule has 6 heteroatoms. The summed E-state index contributed by atoms with van der Waals surface area (Å²) in [5, 5.41) is 4.86. The molecule has 0 saturated carbocycles. The Morgan fingerprint density at radius 1 is 1.15 bits per heavy atom. The fourth-order valence-electron chi connectivity index (χ4n) is 3.42. The smallest absolute Gasteiger partial charge is 0.288 e. The first-order valence-electron chi connectivity index (χ1n) is 8.79. The van der Waals surface area contributed by atoms with Crippen LogP contribution in [0.15, 0.2) is 54.6 Å². The molecule has 4 rings (SSSR count). The van der Waals surface area contributed by atoms with Crippen LogP contribution in [0.2, 0.25) is 0 Å². The van der Waals surface area contributed by atoms with Gasteiger partial charge in [0, 0.05) is 16.6 Å². The number of aryl methyl sites for hydroxylation is 1. The van der Waals surface area contributed by atoms with Crippen molar-refractivity contribution in [2.24, 2.45) is 5.73 Å². The third kappa shape index (κ3) is 3.13. The van der Waals surface area contributed by atoms with Crippen LogP contribution < -0.4 is 11.1 Å². The van der Waals surface area contributed by atoms with Gasteiger partial charge in [-0.25, -0.2) is 0 Å². The van der Waals surface area contributed by atoms with Gasteiger partial charge in [0.05, 0.1) is 21.8 Å². The zero-order chi connectivity index (χ0) is 18.8. The lowest BCUT2D eigenvalue weighted by molar-refractivity contribution is -0.127. The molecule has 2 aromatic heterocycles. The topological polar surface area (TPSA) is 77.1 Å². The molecule has 5 nitrogen and oxygen atoms in total. The van der Waals surface area contributed by atoms with Gasteiger partial charge < -0.3 is 15.6 Å². The molecule has 0 aliphatic carbocycles. The molecule has 2 aromatic carbocycles. The van der Waals surface area contributed by atoms with Gasteiger partial charge in [0.25, 0.3) is 5.91 Å². The molecule has 0 aliphatic rings. The fraction of sp³-hybridized carbons (Fsp3) is 0.143. The molecule has 0 saturated heterocycles. The van der Waals surface area contributed by atoms with E-state index in [1.165, 1.54) is 4.70 Å². The Kier molecular flexibility index (Phi) is 4.75. The standard InChI is InChI=1S/C21H19N3O2S/c22-10-5-11-24-16-8-3-2-7-15(16)20(23-19(26)13-25)21(24)18-12-14-6-1-4-9-17(14)27-18/h1-4,6-9,12-13H,5,10-11,22H2,(H,23,26). The van der Waals surface area contributed by atoms with E-state index in [-0.39, 0.29) is 0 Å². The van der Waals surface area contributed by atoms with Gasteiger partial charge in [-0.15, -0.1) is 11.3 Å². The average Bonchev–Trinajstić information content (AvgIpc) is 3.25. The maximum atomic E-state index is 11.9. The van der Waals surface area contributed by atoms with Gasteiger partial charge in [-0.05, 0) is 36.6 Å². The van der Waals surface area contributed by atoms with E-state index in [0.717, 1.165) is 39.8 Å². The van der Waals surface area contributed by atoms with Crippen LogP contribution >= 0.6 is 11.3 Å². The molecule has 2 heterocycles. The number of carbonyl (C=O) groups excluding carboxylic acids is 2. The number of aldehydes is 1. The summed E-state index contributed by atoms with van der Waals surface area (Å²) in [5.41, 5.74) is 8.36. The number of hydrogen-bond donors (Lipinski definition) is 2. The van der Waals surface area contributed by atoms with E-state index < -0.39 is 5.91 Å². The first-order valence-corrected chi connectivity index (χ1v) is 9.61. The molecule has 0 bridgehead atoms. The number of rotatable bonds is 6. The number of thiophene rings is 1. The summed E-state index contributed by atoms with van der Waals surface area (Å²) in [7, 11) is 0. The lowest BCUT2D eigenvalue weighted by atomic mass is 10.2. The van der Waals surface area contributed by atoms with Crippen molar-refractivity contribution in [1.82, 2.24) is 4.57 Å². The van der Waals surface area contributed by atoms with E-state index in [0.29, 0.717) is 18.5 Å². The maximum Gasteiger partial charge on any atom is 0.288 e. The molecule has 136 valence electrons. The van der Waals surface area contributed by atoms with E-state index in [9.17, 15) is 9.59 Å². The molecular formula is C21H19N3O2S. The van der Waals surface area contributed by atoms with Gasteiger partial charge in [-0.1, -0.05) is 36.4 Å². The van der Waals surface area contributed by atoms with Crippen molar-refractivity contribution in [3.05, 3.63) is 54.6 Å². The summed E-state index contributed by atoms with van der Waals surface area (Å²) < 4.78 is 3.36. The number of hydrogen-bond acceptors (Lipinski definition) is 4. The Morgan fingerprint density at radius 3 is 2.70 bits per heavy atom. The van der Waals surface area contributed by atoms with Crippen molar-refractivity contribution in [2.75, 3.05) is 11.9 Å². The third-order valence-electron chi connectivity index (χ3n) is 4.57. The van der Waals surface area contributed by atoms with Crippen LogP contribution in [0.4, 0.5) is 5.69 Å². The van der Waals surface area contributed by atoms with Crippen LogP contribution in [0, 0.1) is 0 Å². The Hall–Kier alpha value is -2.96. The number of aromatic nitrogens is 1. The summed E-state index contributed by atoms with van der Waals surface area (Å²) in [6.45, 7) is 1.31. The number of carbonyl (C=O) groups is 2. The van der Waals surface area contributed by atoms with Crippen molar-refractivity contribution >= 4 is 50.2 Å². The van der Waals surface area contributed by atoms with Crippen LogP contribution in [-0.4, -0.2) is 23.3 Å². The van der Waals surface area contributed by atoms with E-state index in [2.05, 4.69) is 28.1 Å². The minimum atomic E-state index is -0.654. The second-order valence-electron chi connectivity index (χ2n) is 6.29. The molecule has 0 fully saturated rings. The average molecular weight is 377 g/mol. The largest absolute Gasteiger partial charge is 0.338 e. The highest BCUT2D eigenvalue weighted by Gasteiger charge is 2.21. The third-order valence-corrected chi connectivity index (χ3v) is 5.69. The predicted octanol–water partition coefficient (Wildman–Crippen LogP) is 4.01. The minimum Gasteiger partial charge on any atom is -0.338 e. The summed E-state index contributed by atoms with van der Waals surface area (Å²) >= 11 is 1.67. The SMILES string of the molecule is NCCCn1c(-c2cc3ccccc3s2)c(NC(=O)C=O)c2ccccc21. The lowest BCUT2D eigenvalue weighted by Crippen LogP contribution is -2.13. The monoisotopic (exact) mass is 377 g/mol. The number of nitrogens with zero attached hydrogens (tertiary/aromatic N) is 1. The number of nitrogens with two attached hydrogens (primary N) is 1. The van der Waals surface area contributed by atoms with Crippen molar-refractivity contribution in [3.63, 3.8) is 0 Å². The summed E-state index contributed by atoms with van der Waals surface area (Å²) in [5.74, 6) is -0.654. The first-order chi connectivity index (χ1) is 13.2. The zero-order valence-corrected chi connectivity index (χ0v) is 15.5. The number of nitrogens with one attached hydrogen (secondary N) is 1. The summed E-state index contributed by atoms with van der Waals surface area (Å²) in [4.78, 5) is 23.9. The number of benzene rings is 2. The molecule has 0 atom stereocenters. The molecule has 3 N–H and O–H groups in total. The van der Waals surface area contributed by atoms with Crippen molar-refractivity contribution in [2.45, 2.75) is 13.0 Å². The highest BCUT2D eigenvalue weighted by atomic mass is 32.1. The molecule has 0 spiro atoms. The van der Waals surface area contributed by atoms with Gasteiger partial charge in [0.15, 0.2) is 0 Å². The Bertz CT molecular complexity index is 1110. The van der Waals surface area contributed by atoms with E-state index in [4.69, 9.17) is 5.73 Å². The highest BCUT2D eigenvalue weighted by Crippen LogP contribution is 2.43. The highest BCUT2D eigenvalue weighted by molar-refractivity contribution is 7.22. The molecule has 27 heavy (non-hydrogen) atoms. The number of amides is 1. The molecule has 0 radical (unpaired) electrons. The quantitative estimate of drug-likeness (QED) is 0.394. The van der Waals surface area contributed by atoms with Crippen molar-refractivity contribution in [3.8, 4) is 10.6 Å². The molecular weight excluding hydrogens is 358 g/mol. The van der Waals surface area contributed by atoms with E-state index in [1.54, 1.807) is 11.3 Å². The molecule has 1 amide bonds. The van der Waals surface area contributed by atoms with Crippen molar-refractivity contribution < 1.29 is 9.59 Å². The van der Waals surface area contributed by atoms with Crippen LogP contribution in [0.5, 0.6) is 0 Å². The number of fused-ring (bicyclic) bond motifs is 2. The lowest BCUT2D eigenvalue weighted by Gasteiger charge is -2.10. The van der Waals surface area contributed by atoms with Gasteiger partial charge in [-0.2, -0.15) is 0 Å². The molecule has 4 aromatic rings. The number of para-hydroxylation sites is 1. The van der Waals surface area contributed by atoms with Crippen LogP contribution in [0.25, 0.3) is 31.6 Å². The minimum absolute atomic E-state index is 0.306. The van der Waals surface area contributed by atoms with Crippen molar-refractivity contribution in [1.29, 1.82) is 0 Å². The Balaban J connectivity index is 2.01. The van der Waals surface area contributed by atoms with Gasteiger partial charge in [0.1, 0.15) is 0 Å². The first kappa shape index (κ1) is 17.5. The summed E-state index contributed by atoms with van der Waals surface area (Å²) in [6, 6.07) is 18.2. The fourth-order valence-corrected chi connectivity index (χ4v) is 4.54. The van der Waals surface area contributed by atoms with Gasteiger partial charge >= 0.3 is 0 Å². The van der Waals surface area contributed by atoms with E-state index in [1.807, 2.05) is 36.4 Å². The second kappa shape index (κ2) is 7.34. The van der Waals surface area contributed by atoms with Crippen LogP contribution in [0.3, 0.4) is 0 Å².